The van der Waals surface area contributed by atoms with E-state index >= 15 is 0 Å². The van der Waals surface area contributed by atoms with Crippen LogP contribution < -0.4 is 5.32 Å². The Morgan fingerprint density at radius 2 is 2.09 bits per heavy atom. The lowest BCUT2D eigenvalue weighted by atomic mass is 10.1. The van der Waals surface area contributed by atoms with Crippen molar-refractivity contribution in [3.63, 3.8) is 0 Å². The van der Waals surface area contributed by atoms with Gasteiger partial charge in [0.05, 0.1) is 17.5 Å². The number of carbonyl (C=O) groups is 2. The average molecular weight is 324 g/mol. The molecule has 0 fully saturated rings. The minimum absolute atomic E-state index is 0.112. The van der Waals surface area contributed by atoms with Gasteiger partial charge in [0.25, 0.3) is 5.91 Å². The Morgan fingerprint density at radius 1 is 1.35 bits per heavy atom. The van der Waals surface area contributed by atoms with E-state index in [1.165, 1.54) is 18.4 Å². The van der Waals surface area contributed by atoms with Gasteiger partial charge in [0, 0.05) is 6.42 Å². The predicted octanol–water partition coefficient (Wildman–Crippen LogP) is 2.49. The lowest BCUT2D eigenvalue weighted by Crippen LogP contribution is -2.42. The molecular weight excluding hydrogens is 310 g/mol. The predicted molar refractivity (Wildman–Crippen MR) is 76.2 cm³/mol. The van der Waals surface area contributed by atoms with E-state index in [0.29, 0.717) is 17.1 Å². The molecule has 0 aliphatic rings. The molecule has 1 unspecified atom stereocenters. The Balaban J connectivity index is 2.17. The number of alkyl halides is 2. The molecule has 0 radical (unpaired) electrons. The van der Waals surface area contributed by atoms with Crippen LogP contribution in [0, 0.1) is 6.92 Å². The number of furan rings is 1. The van der Waals surface area contributed by atoms with Crippen LogP contribution in [0.3, 0.4) is 0 Å². The van der Waals surface area contributed by atoms with Gasteiger partial charge in [-0.25, -0.2) is 18.6 Å². The smallest absolute Gasteiger partial charge is 0.326 e. The Hall–Kier alpha value is -2.77. The molecule has 1 amide bonds. The van der Waals surface area contributed by atoms with Crippen LogP contribution in [0.5, 0.6) is 0 Å². The number of halogens is 2. The van der Waals surface area contributed by atoms with Gasteiger partial charge >= 0.3 is 5.97 Å². The number of nitrogens with zero attached hydrogens (tertiary/aromatic N) is 1. The van der Waals surface area contributed by atoms with Crippen LogP contribution in [0.2, 0.25) is 0 Å². The van der Waals surface area contributed by atoms with Gasteiger partial charge in [-0.1, -0.05) is 0 Å². The number of carboxylic acids is 1. The Labute approximate surface area is 130 Å². The van der Waals surface area contributed by atoms with E-state index in [1.807, 2.05) is 0 Å². The zero-order valence-corrected chi connectivity index (χ0v) is 12.1. The SMILES string of the molecule is Cc1nc(-c2ccco2)ccc1C(=O)NC(CC(F)F)C(=O)O. The van der Waals surface area contributed by atoms with E-state index in [9.17, 15) is 18.4 Å². The highest BCUT2D eigenvalue weighted by atomic mass is 19.3. The second-order valence-electron chi connectivity index (χ2n) is 4.80. The number of carboxylic acid groups (broad SMARTS) is 1. The summed E-state index contributed by atoms with van der Waals surface area (Å²) in [6, 6.07) is 4.70. The third-order valence-corrected chi connectivity index (χ3v) is 3.12. The van der Waals surface area contributed by atoms with Gasteiger partial charge in [-0.2, -0.15) is 0 Å². The van der Waals surface area contributed by atoms with Crippen molar-refractivity contribution in [3.05, 3.63) is 41.8 Å². The van der Waals surface area contributed by atoms with Crippen molar-refractivity contribution >= 4 is 11.9 Å². The number of rotatable bonds is 6. The van der Waals surface area contributed by atoms with Crippen molar-refractivity contribution < 1.29 is 27.9 Å². The number of hydrogen-bond acceptors (Lipinski definition) is 4. The minimum Gasteiger partial charge on any atom is -0.480 e. The van der Waals surface area contributed by atoms with Gasteiger partial charge in [0.1, 0.15) is 11.7 Å². The van der Waals surface area contributed by atoms with Crippen LogP contribution in [-0.4, -0.2) is 34.4 Å². The van der Waals surface area contributed by atoms with E-state index in [4.69, 9.17) is 9.52 Å². The molecule has 1 atom stereocenters. The number of aryl methyl sites for hydroxylation is 1. The topological polar surface area (TPSA) is 92.4 Å². The standard InChI is InChI=1S/C15H14F2N2O4/c1-8-9(4-5-10(18-8)12-3-2-6-23-12)14(20)19-11(15(21)22)7-13(16)17/h2-6,11,13H,7H2,1H3,(H,19,20)(H,21,22). The van der Waals surface area contributed by atoms with Crippen LogP contribution >= 0.6 is 0 Å². The minimum atomic E-state index is -2.84. The fourth-order valence-electron chi connectivity index (χ4n) is 2.00. The second kappa shape index (κ2) is 6.99. The molecule has 2 N–H and O–H groups in total. The van der Waals surface area contributed by atoms with Gasteiger partial charge in [0.15, 0.2) is 5.76 Å². The van der Waals surface area contributed by atoms with E-state index in [-0.39, 0.29) is 5.56 Å². The van der Waals surface area contributed by atoms with E-state index in [0.717, 1.165) is 0 Å². The summed E-state index contributed by atoms with van der Waals surface area (Å²) in [4.78, 5) is 27.2. The number of amides is 1. The molecule has 0 saturated heterocycles. The van der Waals surface area contributed by atoms with Crippen molar-refractivity contribution in [3.8, 4) is 11.5 Å². The van der Waals surface area contributed by atoms with E-state index in [1.54, 1.807) is 19.1 Å². The van der Waals surface area contributed by atoms with E-state index < -0.39 is 30.8 Å². The zero-order chi connectivity index (χ0) is 17.0. The van der Waals surface area contributed by atoms with Gasteiger partial charge in [-0.05, 0) is 31.2 Å². The Kier molecular flexibility index (Phi) is 5.05. The molecule has 23 heavy (non-hydrogen) atoms. The molecule has 2 aromatic heterocycles. The Bertz CT molecular complexity index is 702. The number of aromatic nitrogens is 1. The van der Waals surface area contributed by atoms with Gasteiger partial charge < -0.3 is 14.8 Å². The van der Waals surface area contributed by atoms with Crippen molar-refractivity contribution in [1.82, 2.24) is 10.3 Å². The number of carbonyl (C=O) groups excluding carboxylic acids is 1. The summed E-state index contributed by atoms with van der Waals surface area (Å²) >= 11 is 0. The first kappa shape index (κ1) is 16.6. The highest BCUT2D eigenvalue weighted by molar-refractivity contribution is 5.97. The molecule has 0 aromatic carbocycles. The maximum Gasteiger partial charge on any atom is 0.326 e. The Morgan fingerprint density at radius 3 is 2.61 bits per heavy atom. The first-order chi connectivity index (χ1) is 10.9. The first-order valence-corrected chi connectivity index (χ1v) is 6.72. The number of aliphatic carboxylic acids is 1. The van der Waals surface area contributed by atoms with Crippen molar-refractivity contribution in [2.45, 2.75) is 25.8 Å². The van der Waals surface area contributed by atoms with Crippen LogP contribution in [0.4, 0.5) is 8.78 Å². The zero-order valence-electron chi connectivity index (χ0n) is 12.1. The fourth-order valence-corrected chi connectivity index (χ4v) is 2.00. The summed E-state index contributed by atoms with van der Waals surface area (Å²) in [5.41, 5.74) is 0.949. The molecule has 0 bridgehead atoms. The molecule has 2 rings (SSSR count). The second-order valence-corrected chi connectivity index (χ2v) is 4.80. The van der Waals surface area contributed by atoms with Crippen LogP contribution in [0.25, 0.3) is 11.5 Å². The third-order valence-electron chi connectivity index (χ3n) is 3.12. The van der Waals surface area contributed by atoms with E-state index in [2.05, 4.69) is 10.3 Å². The molecule has 122 valence electrons. The molecule has 0 aliphatic carbocycles. The average Bonchev–Trinajstić information content (AvgIpc) is 2.99. The molecule has 6 nitrogen and oxygen atoms in total. The molecule has 0 saturated carbocycles. The number of nitrogens with one attached hydrogen (secondary N) is 1. The van der Waals surface area contributed by atoms with Crippen molar-refractivity contribution in [1.29, 1.82) is 0 Å². The third kappa shape index (κ3) is 4.12. The quantitative estimate of drug-likeness (QED) is 0.851. The largest absolute Gasteiger partial charge is 0.480 e. The lowest BCUT2D eigenvalue weighted by molar-refractivity contribution is -0.140. The molecule has 2 heterocycles. The molecule has 8 heteroatoms. The summed E-state index contributed by atoms with van der Waals surface area (Å²) in [6.07, 6.45) is -2.32. The first-order valence-electron chi connectivity index (χ1n) is 6.72. The van der Waals surface area contributed by atoms with Crippen LogP contribution in [0.1, 0.15) is 22.5 Å². The highest BCUT2D eigenvalue weighted by Gasteiger charge is 2.25. The van der Waals surface area contributed by atoms with Gasteiger partial charge in [-0.3, -0.25) is 4.79 Å². The fraction of sp³-hybridized carbons (Fsp3) is 0.267. The summed E-state index contributed by atoms with van der Waals surface area (Å²) < 4.78 is 29.9. The van der Waals surface area contributed by atoms with Crippen LogP contribution in [0.15, 0.2) is 34.9 Å². The molecule has 0 spiro atoms. The normalized spacial score (nSPS) is 12.2. The van der Waals surface area contributed by atoms with Crippen molar-refractivity contribution in [2.75, 3.05) is 0 Å². The maximum absolute atomic E-state index is 12.3. The number of pyridine rings is 1. The summed E-state index contributed by atoms with van der Waals surface area (Å²) in [6.45, 7) is 1.56. The summed E-state index contributed by atoms with van der Waals surface area (Å²) in [5, 5.41) is 11.0. The summed E-state index contributed by atoms with van der Waals surface area (Å²) in [5.74, 6) is -1.77. The van der Waals surface area contributed by atoms with Gasteiger partial charge in [0.2, 0.25) is 6.43 Å². The monoisotopic (exact) mass is 324 g/mol. The van der Waals surface area contributed by atoms with Crippen molar-refractivity contribution in [2.24, 2.45) is 0 Å². The molecule has 2 aromatic rings. The molecular formula is C15H14F2N2O4. The highest BCUT2D eigenvalue weighted by Crippen LogP contribution is 2.19. The lowest BCUT2D eigenvalue weighted by Gasteiger charge is -2.15. The number of hydrogen-bond donors (Lipinski definition) is 2. The molecule has 0 aliphatic heterocycles. The van der Waals surface area contributed by atoms with Gasteiger partial charge in [-0.15, -0.1) is 0 Å². The summed E-state index contributed by atoms with van der Waals surface area (Å²) in [7, 11) is 0. The maximum atomic E-state index is 12.3. The van der Waals surface area contributed by atoms with Crippen LogP contribution in [-0.2, 0) is 4.79 Å².